The van der Waals surface area contributed by atoms with Crippen molar-refractivity contribution in [1.82, 2.24) is 19.1 Å². The third kappa shape index (κ3) is 5.62. The van der Waals surface area contributed by atoms with Crippen LogP contribution in [-0.4, -0.2) is 19.1 Å². The predicted molar refractivity (Wildman–Crippen MR) is 287 cm³/mol. The van der Waals surface area contributed by atoms with Gasteiger partial charge < -0.3 is 18.0 Å². The molecule has 6 heteroatoms. The fourth-order valence-electron chi connectivity index (χ4n) is 11.1. The molecule has 70 heavy (non-hydrogen) atoms. The van der Waals surface area contributed by atoms with Crippen LogP contribution >= 0.6 is 0 Å². The van der Waals surface area contributed by atoms with Crippen LogP contribution < -0.4 is 0 Å². The molecule has 0 aliphatic heterocycles. The highest BCUT2D eigenvalue weighted by Gasteiger charge is 2.27. The van der Waals surface area contributed by atoms with E-state index in [4.69, 9.17) is 18.8 Å². The molecule has 0 aliphatic rings. The summed E-state index contributed by atoms with van der Waals surface area (Å²) in [6, 6.07) is 81.2. The average molecular weight is 895 g/mol. The molecule has 0 bridgehead atoms. The number of benzene rings is 10. The summed E-state index contributed by atoms with van der Waals surface area (Å²) in [4.78, 5) is 11.0. The lowest BCUT2D eigenvalue weighted by atomic mass is 9.94. The third-order valence-electron chi connectivity index (χ3n) is 14.2. The molecule has 326 valence electrons. The van der Waals surface area contributed by atoms with Gasteiger partial charge in [0.25, 0.3) is 0 Å². The number of hydrogen-bond acceptors (Lipinski definition) is 4. The Bertz CT molecular complexity index is 4540. The van der Waals surface area contributed by atoms with Gasteiger partial charge in [-0.25, -0.2) is 9.97 Å². The number of aromatic nitrogens is 4. The summed E-state index contributed by atoms with van der Waals surface area (Å²) in [6.45, 7) is 0. The lowest BCUT2D eigenvalue weighted by Gasteiger charge is -2.21. The van der Waals surface area contributed by atoms with Crippen LogP contribution in [0.25, 0.3) is 144 Å². The van der Waals surface area contributed by atoms with E-state index in [0.29, 0.717) is 5.82 Å². The molecule has 0 fully saturated rings. The molecule has 0 saturated carbocycles. The van der Waals surface area contributed by atoms with Crippen LogP contribution in [0.2, 0.25) is 0 Å². The van der Waals surface area contributed by atoms with Crippen molar-refractivity contribution in [3.8, 4) is 56.4 Å². The Balaban J connectivity index is 1.08. The van der Waals surface area contributed by atoms with E-state index in [9.17, 15) is 0 Å². The Morgan fingerprint density at radius 3 is 1.33 bits per heavy atom. The summed E-state index contributed by atoms with van der Waals surface area (Å²) in [6.07, 6.45) is 0. The van der Waals surface area contributed by atoms with Crippen molar-refractivity contribution in [2.45, 2.75) is 0 Å². The molecule has 0 saturated heterocycles. The Hall–Kier alpha value is -9.52. The van der Waals surface area contributed by atoms with E-state index in [0.717, 1.165) is 138 Å². The molecule has 0 spiro atoms. The zero-order valence-electron chi connectivity index (χ0n) is 37.5. The molecular formula is C64H38N4O2. The van der Waals surface area contributed by atoms with E-state index < -0.39 is 0 Å². The Morgan fingerprint density at radius 1 is 0.314 bits per heavy atom. The molecule has 15 aromatic rings. The second kappa shape index (κ2) is 15.0. The van der Waals surface area contributed by atoms with Crippen LogP contribution in [0.5, 0.6) is 0 Å². The first kappa shape index (κ1) is 38.6. The summed E-state index contributed by atoms with van der Waals surface area (Å²) in [5, 5.41) is 8.77. The van der Waals surface area contributed by atoms with Gasteiger partial charge in [-0.3, -0.25) is 0 Å². The summed E-state index contributed by atoms with van der Waals surface area (Å²) < 4.78 is 18.4. The predicted octanol–water partition coefficient (Wildman–Crippen LogP) is 17.1. The summed E-state index contributed by atoms with van der Waals surface area (Å²) >= 11 is 0. The number of nitrogens with zero attached hydrogens (tertiary/aromatic N) is 4. The molecule has 5 heterocycles. The van der Waals surface area contributed by atoms with Crippen molar-refractivity contribution >= 4 is 87.5 Å². The van der Waals surface area contributed by atoms with Crippen molar-refractivity contribution in [3.05, 3.63) is 231 Å². The Morgan fingerprint density at radius 2 is 0.757 bits per heavy atom. The van der Waals surface area contributed by atoms with Crippen molar-refractivity contribution < 1.29 is 8.83 Å². The van der Waals surface area contributed by atoms with E-state index in [1.807, 2.05) is 24.3 Å². The van der Waals surface area contributed by atoms with E-state index >= 15 is 0 Å². The van der Waals surface area contributed by atoms with Gasteiger partial charge in [0.1, 0.15) is 22.3 Å². The molecular weight excluding hydrogens is 857 g/mol. The zero-order valence-corrected chi connectivity index (χ0v) is 37.5. The SMILES string of the molecule is c1ccc(-c2cc(-c3ccccc3)nc(-c3cccc(-n4c5ccccc5c5c6oc7ccccc7c6ccc54)c3-c3ccccc3-n3c4ccccc4c4c5oc6ccccc6c5ccc43)n2)cc1. The number of rotatable bonds is 6. The maximum atomic E-state index is 6.80. The quantitative estimate of drug-likeness (QED) is 0.167. The smallest absolute Gasteiger partial charge is 0.161 e. The molecule has 0 radical (unpaired) electrons. The lowest BCUT2D eigenvalue weighted by Crippen LogP contribution is -2.04. The van der Waals surface area contributed by atoms with Gasteiger partial charge in [0.15, 0.2) is 5.82 Å². The first-order valence-corrected chi connectivity index (χ1v) is 23.7. The molecule has 5 aromatic heterocycles. The standard InChI is InChI=1S/C64H38N4O2/c1-3-18-39(19-4-1)49-38-50(40-20-5-2-6-21-40)66-64(65-49)48-27-17-31-54(68-53-30-14-9-26-47(53)61-56(68)37-35-44-42-23-11-16-33-58(42)70-63(44)61)59(48)45-24-7-12-28-51(45)67-52-29-13-8-25-46(52)60-55(67)36-34-43-41-22-10-15-32-57(41)69-62(43)60/h1-38H. The second-order valence-electron chi connectivity index (χ2n) is 18.0. The summed E-state index contributed by atoms with van der Waals surface area (Å²) in [7, 11) is 0. The van der Waals surface area contributed by atoms with Gasteiger partial charge >= 0.3 is 0 Å². The largest absolute Gasteiger partial charge is 0.455 e. The van der Waals surface area contributed by atoms with E-state index in [-0.39, 0.29) is 0 Å². The third-order valence-corrected chi connectivity index (χ3v) is 14.2. The minimum Gasteiger partial charge on any atom is -0.455 e. The van der Waals surface area contributed by atoms with Gasteiger partial charge in [0.05, 0.1) is 55.6 Å². The highest BCUT2D eigenvalue weighted by atomic mass is 16.3. The van der Waals surface area contributed by atoms with Gasteiger partial charge in [-0.05, 0) is 66.7 Å². The second-order valence-corrected chi connectivity index (χ2v) is 18.0. The number of fused-ring (bicyclic) bond motifs is 14. The van der Waals surface area contributed by atoms with Crippen LogP contribution in [0.15, 0.2) is 239 Å². The first-order valence-electron chi connectivity index (χ1n) is 23.7. The van der Waals surface area contributed by atoms with E-state index in [1.165, 1.54) is 0 Å². The van der Waals surface area contributed by atoms with Crippen molar-refractivity contribution in [3.63, 3.8) is 0 Å². The van der Waals surface area contributed by atoms with Gasteiger partial charge in [-0.15, -0.1) is 0 Å². The minimum atomic E-state index is 0.624. The molecule has 0 amide bonds. The Kier molecular flexibility index (Phi) is 8.26. The summed E-state index contributed by atoms with van der Waals surface area (Å²) in [5.41, 5.74) is 16.4. The van der Waals surface area contributed by atoms with E-state index in [2.05, 4.69) is 215 Å². The van der Waals surface area contributed by atoms with Gasteiger partial charge in [-0.1, -0.05) is 164 Å². The highest BCUT2D eigenvalue weighted by molar-refractivity contribution is 6.25. The summed E-state index contributed by atoms with van der Waals surface area (Å²) in [5.74, 6) is 0.624. The lowest BCUT2D eigenvalue weighted by molar-refractivity contribution is 0.672. The van der Waals surface area contributed by atoms with Gasteiger partial charge in [0, 0.05) is 60.1 Å². The van der Waals surface area contributed by atoms with Crippen molar-refractivity contribution in [2.24, 2.45) is 0 Å². The highest BCUT2D eigenvalue weighted by Crippen LogP contribution is 2.48. The molecule has 10 aromatic carbocycles. The normalized spacial score (nSPS) is 12.0. The Labute approximate surface area is 400 Å². The first-order chi connectivity index (χ1) is 34.7. The van der Waals surface area contributed by atoms with E-state index in [1.54, 1.807) is 0 Å². The zero-order chi connectivity index (χ0) is 45.9. The van der Waals surface area contributed by atoms with Crippen LogP contribution in [0.1, 0.15) is 0 Å². The molecule has 15 rings (SSSR count). The van der Waals surface area contributed by atoms with Gasteiger partial charge in [-0.2, -0.15) is 0 Å². The van der Waals surface area contributed by atoms with Crippen LogP contribution in [0.4, 0.5) is 0 Å². The topological polar surface area (TPSA) is 61.9 Å². The molecule has 6 nitrogen and oxygen atoms in total. The fraction of sp³-hybridized carbons (Fsp3) is 0. The fourth-order valence-corrected chi connectivity index (χ4v) is 11.1. The molecule has 0 unspecified atom stereocenters. The van der Waals surface area contributed by atoms with Crippen molar-refractivity contribution in [2.75, 3.05) is 0 Å². The molecule has 0 N–H and O–H groups in total. The number of para-hydroxylation sites is 5. The maximum absolute atomic E-state index is 6.80. The molecule has 0 atom stereocenters. The van der Waals surface area contributed by atoms with Crippen molar-refractivity contribution in [1.29, 1.82) is 0 Å². The minimum absolute atomic E-state index is 0.624. The number of furan rings is 2. The van der Waals surface area contributed by atoms with Crippen LogP contribution in [0.3, 0.4) is 0 Å². The maximum Gasteiger partial charge on any atom is 0.161 e. The monoisotopic (exact) mass is 894 g/mol. The average Bonchev–Trinajstić information content (AvgIpc) is 4.19. The van der Waals surface area contributed by atoms with Crippen LogP contribution in [-0.2, 0) is 0 Å². The molecule has 0 aliphatic carbocycles. The van der Waals surface area contributed by atoms with Crippen LogP contribution in [0, 0.1) is 0 Å². The number of hydrogen-bond donors (Lipinski definition) is 0. The van der Waals surface area contributed by atoms with Gasteiger partial charge in [0.2, 0.25) is 0 Å².